The molecule has 2 heterocycles. The predicted molar refractivity (Wildman–Crippen MR) is 130 cm³/mol. The molecule has 0 aliphatic carbocycles. The van der Waals surface area contributed by atoms with Crippen molar-refractivity contribution in [1.82, 2.24) is 20.1 Å². The van der Waals surface area contributed by atoms with Gasteiger partial charge in [0.05, 0.1) is 18.9 Å². The number of benzene rings is 2. The van der Waals surface area contributed by atoms with Crippen LogP contribution in [0.3, 0.4) is 0 Å². The maximum atomic E-state index is 12.4. The number of thioether (sulfide) groups is 1. The van der Waals surface area contributed by atoms with Crippen LogP contribution in [0.4, 0.5) is 0 Å². The molecule has 2 aromatic carbocycles. The molecule has 4 rings (SSSR count). The summed E-state index contributed by atoms with van der Waals surface area (Å²) in [5.74, 6) is 1.76. The second-order valence-corrected chi connectivity index (χ2v) is 9.06. The molecule has 0 saturated carbocycles. The summed E-state index contributed by atoms with van der Waals surface area (Å²) in [6.45, 7) is 5.16. The average Bonchev–Trinajstić information content (AvgIpc) is 3.47. The third-order valence-corrected chi connectivity index (χ3v) is 6.49. The topological polar surface area (TPSA) is 69.0 Å². The van der Waals surface area contributed by atoms with Gasteiger partial charge in [0.15, 0.2) is 11.0 Å². The Labute approximate surface area is 195 Å². The van der Waals surface area contributed by atoms with Gasteiger partial charge in [-0.25, -0.2) is 0 Å². The number of aryl methyl sites for hydroxylation is 1. The minimum atomic E-state index is -0.0400. The summed E-state index contributed by atoms with van der Waals surface area (Å²) < 4.78 is 7.57. The van der Waals surface area contributed by atoms with Gasteiger partial charge < -0.3 is 10.1 Å². The van der Waals surface area contributed by atoms with Crippen molar-refractivity contribution in [2.24, 2.45) is 0 Å². The molecular weight excluding hydrogens is 440 g/mol. The van der Waals surface area contributed by atoms with Crippen molar-refractivity contribution >= 4 is 29.0 Å². The van der Waals surface area contributed by atoms with E-state index in [0.29, 0.717) is 18.3 Å². The Morgan fingerprint density at radius 3 is 2.69 bits per heavy atom. The molecule has 8 heteroatoms. The summed E-state index contributed by atoms with van der Waals surface area (Å²) in [6.07, 6.45) is 0. The number of amides is 1. The molecular formula is C24H24N4O2S2. The van der Waals surface area contributed by atoms with Crippen molar-refractivity contribution in [3.05, 3.63) is 76.5 Å². The second kappa shape index (κ2) is 10.5. The summed E-state index contributed by atoms with van der Waals surface area (Å²) in [5, 5.41) is 14.5. The van der Waals surface area contributed by atoms with Gasteiger partial charge in [0.1, 0.15) is 5.75 Å². The summed E-state index contributed by atoms with van der Waals surface area (Å²) in [7, 11) is 0. The molecule has 0 atom stereocenters. The molecule has 0 radical (unpaired) electrons. The molecule has 4 aromatic rings. The standard InChI is InChI=1S/C24H24N4O2S2/c1-3-30-20-11-9-19(10-12-20)28-23(18-7-4-6-17(2)14-18)26-27-24(28)32-16-22(29)25-15-21-8-5-13-31-21/h4-14H,3,15-16H2,1-2H3,(H,25,29). The summed E-state index contributed by atoms with van der Waals surface area (Å²) in [6, 6.07) is 20.0. The first-order valence-electron chi connectivity index (χ1n) is 10.3. The lowest BCUT2D eigenvalue weighted by atomic mass is 10.1. The molecule has 0 fully saturated rings. The van der Waals surface area contributed by atoms with Crippen molar-refractivity contribution in [3.8, 4) is 22.8 Å². The highest BCUT2D eigenvalue weighted by Gasteiger charge is 2.17. The van der Waals surface area contributed by atoms with E-state index in [2.05, 4.69) is 34.6 Å². The number of hydrogen-bond acceptors (Lipinski definition) is 6. The molecule has 32 heavy (non-hydrogen) atoms. The van der Waals surface area contributed by atoms with Gasteiger partial charge >= 0.3 is 0 Å². The smallest absolute Gasteiger partial charge is 0.230 e. The Morgan fingerprint density at radius 2 is 1.97 bits per heavy atom. The lowest BCUT2D eigenvalue weighted by Gasteiger charge is -2.12. The number of thiophene rings is 1. The van der Waals surface area contributed by atoms with E-state index >= 15 is 0 Å². The Bertz CT molecular complexity index is 1170. The summed E-state index contributed by atoms with van der Waals surface area (Å²) >= 11 is 3.00. The first-order valence-corrected chi connectivity index (χ1v) is 12.2. The molecule has 1 amide bonds. The van der Waals surface area contributed by atoms with Crippen molar-refractivity contribution in [3.63, 3.8) is 0 Å². The van der Waals surface area contributed by atoms with Crippen LogP contribution in [0.1, 0.15) is 17.4 Å². The molecule has 6 nitrogen and oxygen atoms in total. The third kappa shape index (κ3) is 5.38. The quantitative estimate of drug-likeness (QED) is 0.349. The van der Waals surface area contributed by atoms with E-state index in [4.69, 9.17) is 4.74 Å². The molecule has 0 aliphatic heterocycles. The molecule has 164 valence electrons. The number of ether oxygens (including phenoxy) is 1. The highest BCUT2D eigenvalue weighted by molar-refractivity contribution is 7.99. The fraction of sp³-hybridized carbons (Fsp3) is 0.208. The number of carbonyl (C=O) groups excluding carboxylic acids is 1. The Kier molecular flexibility index (Phi) is 7.24. The van der Waals surface area contributed by atoms with Crippen LogP contribution in [-0.2, 0) is 11.3 Å². The third-order valence-electron chi connectivity index (χ3n) is 4.69. The number of nitrogens with one attached hydrogen (secondary N) is 1. The summed E-state index contributed by atoms with van der Waals surface area (Å²) in [4.78, 5) is 13.5. The van der Waals surface area contributed by atoms with Crippen LogP contribution in [-0.4, -0.2) is 33.0 Å². The largest absolute Gasteiger partial charge is 0.494 e. The van der Waals surface area contributed by atoms with Crippen molar-refractivity contribution < 1.29 is 9.53 Å². The number of rotatable bonds is 9. The van der Waals surface area contributed by atoms with Crippen LogP contribution < -0.4 is 10.1 Å². The van der Waals surface area contributed by atoms with E-state index in [1.54, 1.807) is 11.3 Å². The highest BCUT2D eigenvalue weighted by atomic mass is 32.2. The maximum absolute atomic E-state index is 12.4. The Hall–Kier alpha value is -3.10. The molecule has 0 aliphatic rings. The number of hydrogen-bond donors (Lipinski definition) is 1. The molecule has 1 N–H and O–H groups in total. The van der Waals surface area contributed by atoms with Gasteiger partial charge in [0, 0.05) is 16.1 Å². The molecule has 0 saturated heterocycles. The van der Waals surface area contributed by atoms with E-state index in [-0.39, 0.29) is 11.7 Å². The monoisotopic (exact) mass is 464 g/mol. The minimum absolute atomic E-state index is 0.0400. The summed E-state index contributed by atoms with van der Waals surface area (Å²) in [5.41, 5.74) is 3.03. The lowest BCUT2D eigenvalue weighted by Crippen LogP contribution is -2.24. The van der Waals surface area contributed by atoms with Gasteiger partial charge in [0.25, 0.3) is 0 Å². The van der Waals surface area contributed by atoms with Gasteiger partial charge in [-0.2, -0.15) is 0 Å². The van der Waals surface area contributed by atoms with Crippen LogP contribution >= 0.6 is 23.1 Å². The van der Waals surface area contributed by atoms with E-state index in [1.807, 2.05) is 65.4 Å². The molecule has 2 aromatic heterocycles. The molecule has 0 spiro atoms. The highest BCUT2D eigenvalue weighted by Crippen LogP contribution is 2.29. The lowest BCUT2D eigenvalue weighted by molar-refractivity contribution is -0.118. The maximum Gasteiger partial charge on any atom is 0.230 e. The SMILES string of the molecule is CCOc1ccc(-n2c(SCC(=O)NCc3cccs3)nnc2-c2cccc(C)c2)cc1. The van der Waals surface area contributed by atoms with Crippen LogP contribution in [0.5, 0.6) is 5.75 Å². The minimum Gasteiger partial charge on any atom is -0.494 e. The average molecular weight is 465 g/mol. The second-order valence-electron chi connectivity index (χ2n) is 7.08. The first-order chi connectivity index (χ1) is 15.6. The zero-order valence-electron chi connectivity index (χ0n) is 17.9. The van der Waals surface area contributed by atoms with Crippen LogP contribution in [0.25, 0.3) is 17.1 Å². The van der Waals surface area contributed by atoms with E-state index in [0.717, 1.165) is 33.3 Å². The fourth-order valence-corrected chi connectivity index (χ4v) is 4.63. The van der Waals surface area contributed by atoms with Crippen LogP contribution in [0, 0.1) is 6.92 Å². The van der Waals surface area contributed by atoms with Crippen molar-refractivity contribution in [2.75, 3.05) is 12.4 Å². The fourth-order valence-electron chi connectivity index (χ4n) is 3.21. The van der Waals surface area contributed by atoms with Gasteiger partial charge in [-0.1, -0.05) is 41.6 Å². The van der Waals surface area contributed by atoms with E-state index in [9.17, 15) is 4.79 Å². The Balaban J connectivity index is 1.58. The van der Waals surface area contributed by atoms with Gasteiger partial charge in [-0.3, -0.25) is 9.36 Å². The first kappa shape index (κ1) is 22.1. The van der Waals surface area contributed by atoms with Crippen molar-refractivity contribution in [2.45, 2.75) is 25.5 Å². The van der Waals surface area contributed by atoms with E-state index in [1.165, 1.54) is 11.8 Å². The molecule has 0 unspecified atom stereocenters. The zero-order chi connectivity index (χ0) is 22.3. The zero-order valence-corrected chi connectivity index (χ0v) is 19.6. The Morgan fingerprint density at radius 1 is 1.12 bits per heavy atom. The van der Waals surface area contributed by atoms with E-state index < -0.39 is 0 Å². The van der Waals surface area contributed by atoms with Crippen LogP contribution in [0.15, 0.2) is 71.2 Å². The van der Waals surface area contributed by atoms with Gasteiger partial charge in [0.2, 0.25) is 5.91 Å². The molecule has 0 bridgehead atoms. The normalized spacial score (nSPS) is 10.8. The number of aromatic nitrogens is 3. The van der Waals surface area contributed by atoms with Gasteiger partial charge in [-0.05, 0) is 55.6 Å². The van der Waals surface area contributed by atoms with Crippen molar-refractivity contribution in [1.29, 1.82) is 0 Å². The number of carbonyl (C=O) groups is 1. The van der Waals surface area contributed by atoms with Crippen LogP contribution in [0.2, 0.25) is 0 Å². The van der Waals surface area contributed by atoms with Gasteiger partial charge in [-0.15, -0.1) is 21.5 Å². The predicted octanol–water partition coefficient (Wildman–Crippen LogP) is 5.11. The number of nitrogens with zero attached hydrogens (tertiary/aromatic N) is 3.